The van der Waals surface area contributed by atoms with Crippen LogP contribution in [0.4, 0.5) is 5.95 Å². The number of carboxylic acid groups (broad SMARTS) is 1. The number of furan rings is 1. The second-order valence-electron chi connectivity index (χ2n) is 4.49. The second kappa shape index (κ2) is 6.10. The van der Waals surface area contributed by atoms with Gasteiger partial charge in [-0.3, -0.25) is 14.8 Å². The predicted molar refractivity (Wildman–Crippen MR) is 77.6 cm³/mol. The number of hydrogen-bond donors (Lipinski definition) is 2. The number of nitrogens with one attached hydrogen (secondary N) is 1. The molecular formula is C14H11N5O4. The van der Waals surface area contributed by atoms with E-state index < -0.39 is 11.9 Å². The molecule has 0 radical (unpaired) electrons. The smallest absolute Gasteiger partial charge is 0.356 e. The fraction of sp³-hybridized carbons (Fsp3) is 0.0714. The van der Waals surface area contributed by atoms with E-state index in [0.29, 0.717) is 11.5 Å². The number of hydrogen-bond acceptors (Lipinski definition) is 6. The summed E-state index contributed by atoms with van der Waals surface area (Å²) in [5, 5.41) is 15.1. The molecule has 3 rings (SSSR count). The second-order valence-corrected chi connectivity index (χ2v) is 4.49. The zero-order valence-corrected chi connectivity index (χ0v) is 11.7. The van der Waals surface area contributed by atoms with Crippen LogP contribution in [0.1, 0.15) is 10.5 Å². The Labute approximate surface area is 129 Å². The Morgan fingerprint density at radius 2 is 2.17 bits per heavy atom. The van der Waals surface area contributed by atoms with E-state index in [9.17, 15) is 9.59 Å². The maximum absolute atomic E-state index is 11.9. The molecule has 0 saturated carbocycles. The van der Waals surface area contributed by atoms with Crippen molar-refractivity contribution in [3.63, 3.8) is 0 Å². The molecule has 2 N–H and O–H groups in total. The van der Waals surface area contributed by atoms with Crippen molar-refractivity contribution in [3.05, 3.63) is 48.6 Å². The molecular weight excluding hydrogens is 302 g/mol. The van der Waals surface area contributed by atoms with Crippen LogP contribution < -0.4 is 5.32 Å². The first-order chi connectivity index (χ1) is 11.1. The molecule has 116 valence electrons. The maximum Gasteiger partial charge on any atom is 0.356 e. The van der Waals surface area contributed by atoms with Gasteiger partial charge < -0.3 is 9.52 Å². The zero-order chi connectivity index (χ0) is 16.2. The average molecular weight is 313 g/mol. The fourth-order valence-electron chi connectivity index (χ4n) is 1.86. The summed E-state index contributed by atoms with van der Waals surface area (Å²) in [6.07, 6.45) is 4.42. The molecule has 1 amide bonds. The number of aromatic carboxylic acids is 1. The van der Waals surface area contributed by atoms with Crippen LogP contribution in [0.15, 0.2) is 47.3 Å². The number of carboxylic acids is 1. The van der Waals surface area contributed by atoms with Crippen molar-refractivity contribution in [2.45, 2.75) is 6.54 Å². The molecule has 3 aromatic heterocycles. The molecule has 9 heteroatoms. The normalized spacial score (nSPS) is 10.4. The third-order valence-electron chi connectivity index (χ3n) is 2.85. The SMILES string of the molecule is O=C(Cn1ccc(C(=O)O)n1)Nc1nccc(-c2ccco2)n1. The Balaban J connectivity index is 1.68. The van der Waals surface area contributed by atoms with E-state index in [0.717, 1.165) is 0 Å². The summed E-state index contributed by atoms with van der Waals surface area (Å²) in [5.74, 6) is -0.907. The van der Waals surface area contributed by atoms with Gasteiger partial charge in [-0.15, -0.1) is 0 Å². The van der Waals surface area contributed by atoms with Crippen LogP contribution in [-0.2, 0) is 11.3 Å². The van der Waals surface area contributed by atoms with E-state index in [-0.39, 0.29) is 18.2 Å². The zero-order valence-electron chi connectivity index (χ0n) is 11.7. The molecule has 9 nitrogen and oxygen atoms in total. The fourth-order valence-corrected chi connectivity index (χ4v) is 1.86. The lowest BCUT2D eigenvalue weighted by atomic mass is 10.3. The van der Waals surface area contributed by atoms with Gasteiger partial charge in [0.25, 0.3) is 0 Å². The monoisotopic (exact) mass is 313 g/mol. The summed E-state index contributed by atoms with van der Waals surface area (Å²) >= 11 is 0. The van der Waals surface area contributed by atoms with Gasteiger partial charge in [-0.1, -0.05) is 0 Å². The number of amides is 1. The van der Waals surface area contributed by atoms with Crippen molar-refractivity contribution in [2.75, 3.05) is 5.32 Å². The quantitative estimate of drug-likeness (QED) is 0.727. The van der Waals surface area contributed by atoms with E-state index in [1.165, 1.54) is 29.4 Å². The first kappa shape index (κ1) is 14.4. The molecule has 0 bridgehead atoms. The van der Waals surface area contributed by atoms with E-state index in [1.54, 1.807) is 18.2 Å². The lowest BCUT2D eigenvalue weighted by Gasteiger charge is -2.04. The van der Waals surface area contributed by atoms with Crippen molar-refractivity contribution in [2.24, 2.45) is 0 Å². The minimum absolute atomic E-state index is 0.120. The van der Waals surface area contributed by atoms with Crippen LogP contribution in [0.2, 0.25) is 0 Å². The van der Waals surface area contributed by atoms with Crippen molar-refractivity contribution in [1.82, 2.24) is 19.7 Å². The molecule has 23 heavy (non-hydrogen) atoms. The van der Waals surface area contributed by atoms with Crippen LogP contribution in [0.3, 0.4) is 0 Å². The number of aromatic nitrogens is 4. The molecule has 0 aliphatic heterocycles. The highest BCUT2D eigenvalue weighted by molar-refractivity contribution is 5.89. The highest BCUT2D eigenvalue weighted by Crippen LogP contribution is 2.17. The van der Waals surface area contributed by atoms with Crippen LogP contribution in [0, 0.1) is 0 Å². The summed E-state index contributed by atoms with van der Waals surface area (Å²) in [5.41, 5.74) is 0.404. The van der Waals surface area contributed by atoms with Gasteiger partial charge in [0.15, 0.2) is 11.5 Å². The first-order valence-corrected chi connectivity index (χ1v) is 6.55. The largest absolute Gasteiger partial charge is 0.476 e. The molecule has 0 saturated heterocycles. The Bertz CT molecular complexity index is 840. The number of anilines is 1. The standard InChI is InChI=1S/C14H11N5O4/c20-12(8-19-6-4-10(18-19)13(21)22)17-14-15-5-3-9(16-14)11-2-1-7-23-11/h1-7H,8H2,(H,21,22)(H,15,16,17,20). The Kier molecular flexibility index (Phi) is 3.83. The maximum atomic E-state index is 11.9. The van der Waals surface area contributed by atoms with Crippen molar-refractivity contribution >= 4 is 17.8 Å². The van der Waals surface area contributed by atoms with Gasteiger partial charge in [0.05, 0.1) is 6.26 Å². The summed E-state index contributed by atoms with van der Waals surface area (Å²) in [6.45, 7) is -0.151. The Morgan fingerprint density at radius 3 is 2.87 bits per heavy atom. The van der Waals surface area contributed by atoms with Gasteiger partial charge in [0, 0.05) is 12.4 Å². The van der Waals surface area contributed by atoms with E-state index in [4.69, 9.17) is 9.52 Å². The lowest BCUT2D eigenvalue weighted by Crippen LogP contribution is -2.20. The molecule has 0 fully saturated rings. The van der Waals surface area contributed by atoms with Crippen LogP contribution in [-0.4, -0.2) is 36.7 Å². The van der Waals surface area contributed by atoms with E-state index in [2.05, 4.69) is 20.4 Å². The van der Waals surface area contributed by atoms with Gasteiger partial charge in [-0.25, -0.2) is 14.8 Å². The average Bonchev–Trinajstić information content (AvgIpc) is 3.18. The topological polar surface area (TPSA) is 123 Å². The van der Waals surface area contributed by atoms with Gasteiger partial charge >= 0.3 is 5.97 Å². The third kappa shape index (κ3) is 3.40. The summed E-state index contributed by atoms with van der Waals surface area (Å²) in [7, 11) is 0. The molecule has 0 aliphatic rings. The van der Waals surface area contributed by atoms with Crippen molar-refractivity contribution < 1.29 is 19.1 Å². The Hall–Kier alpha value is -3.49. The number of carbonyl (C=O) groups is 2. The predicted octanol–water partition coefficient (Wildman–Crippen LogP) is 1.27. The molecule has 0 aliphatic carbocycles. The van der Waals surface area contributed by atoms with Gasteiger partial charge in [0.1, 0.15) is 12.2 Å². The van der Waals surface area contributed by atoms with Gasteiger partial charge in [0.2, 0.25) is 11.9 Å². The molecule has 0 atom stereocenters. The first-order valence-electron chi connectivity index (χ1n) is 6.55. The van der Waals surface area contributed by atoms with Crippen LogP contribution in [0.5, 0.6) is 0 Å². The van der Waals surface area contributed by atoms with Gasteiger partial charge in [-0.05, 0) is 24.3 Å². The number of carbonyl (C=O) groups excluding carboxylic acids is 1. The number of nitrogens with zero attached hydrogens (tertiary/aromatic N) is 4. The van der Waals surface area contributed by atoms with E-state index in [1.807, 2.05) is 0 Å². The van der Waals surface area contributed by atoms with Crippen LogP contribution >= 0.6 is 0 Å². The van der Waals surface area contributed by atoms with E-state index >= 15 is 0 Å². The van der Waals surface area contributed by atoms with Gasteiger partial charge in [-0.2, -0.15) is 5.10 Å². The minimum Gasteiger partial charge on any atom is -0.476 e. The summed E-state index contributed by atoms with van der Waals surface area (Å²) in [4.78, 5) is 30.8. The molecule has 0 unspecified atom stereocenters. The van der Waals surface area contributed by atoms with Crippen LogP contribution in [0.25, 0.3) is 11.5 Å². The summed E-state index contributed by atoms with van der Waals surface area (Å²) in [6, 6.07) is 6.43. The Morgan fingerprint density at radius 1 is 1.30 bits per heavy atom. The molecule has 0 spiro atoms. The highest BCUT2D eigenvalue weighted by atomic mass is 16.4. The van der Waals surface area contributed by atoms with Crippen molar-refractivity contribution in [3.8, 4) is 11.5 Å². The number of rotatable bonds is 5. The lowest BCUT2D eigenvalue weighted by molar-refractivity contribution is -0.117. The minimum atomic E-state index is -1.15. The highest BCUT2D eigenvalue weighted by Gasteiger charge is 2.11. The molecule has 3 heterocycles. The summed E-state index contributed by atoms with van der Waals surface area (Å²) < 4.78 is 6.45. The molecule has 0 aromatic carbocycles. The third-order valence-corrected chi connectivity index (χ3v) is 2.85. The molecule has 3 aromatic rings. The van der Waals surface area contributed by atoms with Crippen molar-refractivity contribution in [1.29, 1.82) is 0 Å².